The average Bonchev–Trinajstić information content (AvgIpc) is 2.79. The van der Waals surface area contributed by atoms with Gasteiger partial charge in [0.05, 0.1) is 10.2 Å². The molecule has 5 nitrogen and oxygen atoms in total. The van der Waals surface area contributed by atoms with Crippen LogP contribution in [0.15, 0.2) is 18.2 Å². The minimum atomic E-state index is -1.13. The highest BCUT2D eigenvalue weighted by Crippen LogP contribution is 2.27. The molecule has 1 amide bonds. The molecule has 2 atom stereocenters. The van der Waals surface area contributed by atoms with Gasteiger partial charge >= 0.3 is 0 Å². The molecule has 2 rings (SSSR count). The third kappa shape index (κ3) is 4.50. The SMILES string of the molecule is CCC(C)CS(=O)CC(=O)Nc1nc2ccc(N)cc2s1. The number of nitrogen functional groups attached to an aromatic ring is 1. The van der Waals surface area contributed by atoms with Crippen molar-refractivity contribution in [3.05, 3.63) is 18.2 Å². The van der Waals surface area contributed by atoms with Crippen LogP contribution in [0.5, 0.6) is 0 Å². The lowest BCUT2D eigenvalue weighted by molar-refractivity contribution is -0.113. The number of fused-ring (bicyclic) bond motifs is 1. The van der Waals surface area contributed by atoms with Crippen LogP contribution in [0.1, 0.15) is 20.3 Å². The summed E-state index contributed by atoms with van der Waals surface area (Å²) in [6, 6.07) is 5.41. The first kappa shape index (κ1) is 15.9. The highest BCUT2D eigenvalue weighted by molar-refractivity contribution is 7.85. The van der Waals surface area contributed by atoms with Crippen molar-refractivity contribution in [3.63, 3.8) is 0 Å². The molecule has 0 saturated carbocycles. The van der Waals surface area contributed by atoms with Crippen LogP contribution in [0.3, 0.4) is 0 Å². The van der Waals surface area contributed by atoms with Gasteiger partial charge in [-0.25, -0.2) is 4.98 Å². The molecule has 2 unspecified atom stereocenters. The summed E-state index contributed by atoms with van der Waals surface area (Å²) in [5, 5.41) is 3.22. The number of benzene rings is 1. The van der Waals surface area contributed by atoms with Crippen molar-refractivity contribution in [2.75, 3.05) is 22.6 Å². The molecule has 1 aromatic carbocycles. The van der Waals surface area contributed by atoms with Gasteiger partial charge in [-0.05, 0) is 24.1 Å². The number of hydrogen-bond donors (Lipinski definition) is 2. The van der Waals surface area contributed by atoms with Crippen molar-refractivity contribution in [1.29, 1.82) is 0 Å². The van der Waals surface area contributed by atoms with Crippen LogP contribution in [-0.4, -0.2) is 26.6 Å². The summed E-state index contributed by atoms with van der Waals surface area (Å²) in [6.45, 7) is 4.09. The van der Waals surface area contributed by atoms with E-state index in [2.05, 4.69) is 17.2 Å². The quantitative estimate of drug-likeness (QED) is 0.800. The molecule has 0 bridgehead atoms. The molecule has 3 N–H and O–H groups in total. The number of anilines is 2. The van der Waals surface area contributed by atoms with Crippen LogP contribution in [0.25, 0.3) is 10.2 Å². The molecule has 0 aliphatic heterocycles. The van der Waals surface area contributed by atoms with E-state index in [1.807, 2.05) is 19.1 Å². The fourth-order valence-corrected chi connectivity index (χ4v) is 4.07. The standard InChI is InChI=1S/C14H19N3O2S2/c1-3-9(2)7-21(19)8-13(18)17-14-16-11-5-4-10(15)6-12(11)20-14/h4-6,9H,3,7-8,15H2,1-2H3,(H,16,17,18). The second-order valence-corrected chi connectivity index (χ2v) is 7.59. The fraction of sp³-hybridized carbons (Fsp3) is 0.429. The molecule has 1 heterocycles. The second kappa shape index (κ2) is 7.00. The predicted molar refractivity (Wildman–Crippen MR) is 90.0 cm³/mol. The number of carbonyl (C=O) groups is 1. The summed E-state index contributed by atoms with van der Waals surface area (Å²) >= 11 is 1.36. The molecule has 0 radical (unpaired) electrons. The Balaban J connectivity index is 1.96. The third-order valence-electron chi connectivity index (χ3n) is 3.12. The molecule has 0 saturated heterocycles. The van der Waals surface area contributed by atoms with Gasteiger partial charge in [0.2, 0.25) is 5.91 Å². The lowest BCUT2D eigenvalue weighted by atomic mass is 10.2. The van der Waals surface area contributed by atoms with E-state index in [1.54, 1.807) is 6.07 Å². The maximum absolute atomic E-state index is 11.9. The summed E-state index contributed by atoms with van der Waals surface area (Å²) in [5.74, 6) is 0.676. The van der Waals surface area contributed by atoms with Gasteiger partial charge < -0.3 is 11.1 Å². The van der Waals surface area contributed by atoms with E-state index in [-0.39, 0.29) is 11.7 Å². The van der Waals surface area contributed by atoms with Crippen LogP contribution < -0.4 is 11.1 Å². The molecule has 7 heteroatoms. The smallest absolute Gasteiger partial charge is 0.238 e. The van der Waals surface area contributed by atoms with Crippen molar-refractivity contribution in [1.82, 2.24) is 4.98 Å². The van der Waals surface area contributed by atoms with Gasteiger partial charge in [-0.15, -0.1) is 0 Å². The number of hydrogen-bond acceptors (Lipinski definition) is 5. The number of carbonyl (C=O) groups excluding carboxylic acids is 1. The normalized spacial score (nSPS) is 14.0. The van der Waals surface area contributed by atoms with Crippen molar-refractivity contribution in [3.8, 4) is 0 Å². The molecule has 0 spiro atoms. The van der Waals surface area contributed by atoms with Crippen LogP contribution in [0.4, 0.5) is 10.8 Å². The topological polar surface area (TPSA) is 85.1 Å². The van der Waals surface area contributed by atoms with E-state index in [0.29, 0.717) is 22.5 Å². The zero-order valence-electron chi connectivity index (χ0n) is 12.1. The fourth-order valence-electron chi connectivity index (χ4n) is 1.79. The van der Waals surface area contributed by atoms with Crippen LogP contribution in [0.2, 0.25) is 0 Å². The molecule has 21 heavy (non-hydrogen) atoms. The molecule has 0 fully saturated rings. The minimum absolute atomic E-state index is 0.0163. The number of nitrogens with two attached hydrogens (primary N) is 1. The largest absolute Gasteiger partial charge is 0.399 e. The van der Waals surface area contributed by atoms with Crippen LogP contribution >= 0.6 is 11.3 Å². The summed E-state index contributed by atoms with van der Waals surface area (Å²) in [6.07, 6.45) is 0.965. The van der Waals surface area contributed by atoms with Crippen molar-refractivity contribution >= 4 is 49.1 Å². The molecule has 114 valence electrons. The Bertz CT molecular complexity index is 669. The van der Waals surface area contributed by atoms with Gasteiger partial charge in [0.15, 0.2) is 5.13 Å². The lowest BCUT2D eigenvalue weighted by Gasteiger charge is -2.07. The Kier molecular flexibility index (Phi) is 5.30. The number of nitrogens with zero attached hydrogens (tertiary/aromatic N) is 1. The maximum atomic E-state index is 11.9. The summed E-state index contributed by atoms with van der Waals surface area (Å²) in [4.78, 5) is 16.2. The monoisotopic (exact) mass is 325 g/mol. The first-order valence-electron chi connectivity index (χ1n) is 6.78. The summed E-state index contributed by atoms with van der Waals surface area (Å²) in [7, 11) is -1.13. The summed E-state index contributed by atoms with van der Waals surface area (Å²) in [5.41, 5.74) is 7.17. The molecular formula is C14H19N3O2S2. The van der Waals surface area contributed by atoms with Crippen molar-refractivity contribution in [2.24, 2.45) is 5.92 Å². The first-order valence-corrected chi connectivity index (χ1v) is 9.09. The van der Waals surface area contributed by atoms with Gasteiger partial charge in [-0.1, -0.05) is 31.6 Å². The Labute approximate surface area is 130 Å². The zero-order chi connectivity index (χ0) is 15.4. The van der Waals surface area contributed by atoms with Crippen molar-refractivity contribution in [2.45, 2.75) is 20.3 Å². The minimum Gasteiger partial charge on any atom is -0.399 e. The van der Waals surface area contributed by atoms with E-state index < -0.39 is 10.8 Å². The second-order valence-electron chi connectivity index (χ2n) is 5.06. The van der Waals surface area contributed by atoms with Crippen LogP contribution in [0, 0.1) is 5.92 Å². The average molecular weight is 325 g/mol. The molecule has 1 aromatic heterocycles. The van der Waals surface area contributed by atoms with Crippen LogP contribution in [-0.2, 0) is 15.6 Å². The third-order valence-corrected chi connectivity index (χ3v) is 5.58. The van der Waals surface area contributed by atoms with E-state index >= 15 is 0 Å². The number of nitrogens with one attached hydrogen (secondary N) is 1. The zero-order valence-corrected chi connectivity index (χ0v) is 13.7. The molecular weight excluding hydrogens is 306 g/mol. The van der Waals surface area contributed by atoms with Gasteiger partial charge in [0.25, 0.3) is 0 Å². The first-order chi connectivity index (χ1) is 9.97. The van der Waals surface area contributed by atoms with E-state index in [0.717, 1.165) is 16.6 Å². The van der Waals surface area contributed by atoms with E-state index in [4.69, 9.17) is 5.73 Å². The van der Waals surface area contributed by atoms with E-state index in [9.17, 15) is 9.00 Å². The number of aromatic nitrogens is 1. The van der Waals surface area contributed by atoms with Crippen molar-refractivity contribution < 1.29 is 9.00 Å². The highest BCUT2D eigenvalue weighted by atomic mass is 32.2. The van der Waals surface area contributed by atoms with Gasteiger partial charge in [-0.3, -0.25) is 9.00 Å². The Morgan fingerprint density at radius 1 is 1.52 bits per heavy atom. The molecule has 2 aromatic rings. The van der Waals surface area contributed by atoms with E-state index in [1.165, 1.54) is 11.3 Å². The number of rotatable bonds is 6. The Morgan fingerprint density at radius 3 is 3.00 bits per heavy atom. The number of thiazole rings is 1. The maximum Gasteiger partial charge on any atom is 0.238 e. The van der Waals surface area contributed by atoms with Gasteiger partial charge in [0.1, 0.15) is 5.75 Å². The van der Waals surface area contributed by atoms with Gasteiger partial charge in [0, 0.05) is 22.2 Å². The highest BCUT2D eigenvalue weighted by Gasteiger charge is 2.13. The Hall–Kier alpha value is -1.47. The molecule has 0 aliphatic rings. The van der Waals surface area contributed by atoms with Gasteiger partial charge in [-0.2, -0.15) is 0 Å². The summed E-state index contributed by atoms with van der Waals surface area (Å²) < 4.78 is 12.8. The number of amides is 1. The lowest BCUT2D eigenvalue weighted by Crippen LogP contribution is -2.22. The predicted octanol–water partition coefficient (Wildman–Crippen LogP) is 2.61. The molecule has 0 aliphatic carbocycles. The Morgan fingerprint density at radius 2 is 2.29 bits per heavy atom.